The second kappa shape index (κ2) is 8.69. The minimum absolute atomic E-state index is 0.672. The van der Waals surface area contributed by atoms with Gasteiger partial charge in [0, 0.05) is 6.04 Å². The van der Waals surface area contributed by atoms with Gasteiger partial charge < -0.3 is 9.64 Å². The van der Waals surface area contributed by atoms with Crippen LogP contribution in [0.25, 0.3) is 0 Å². The summed E-state index contributed by atoms with van der Waals surface area (Å²) in [6.45, 7) is 1.99. The summed E-state index contributed by atoms with van der Waals surface area (Å²) in [6.07, 6.45) is 5.60. The van der Waals surface area contributed by atoms with Gasteiger partial charge in [0.2, 0.25) is 0 Å². The first-order valence-electron chi connectivity index (χ1n) is 9.16. The molecule has 1 unspecified atom stereocenters. The first kappa shape index (κ1) is 17.5. The second-order valence-electron chi connectivity index (χ2n) is 6.83. The highest BCUT2D eigenvalue weighted by atomic mass is 16.5. The van der Waals surface area contributed by atoms with Crippen molar-refractivity contribution in [2.75, 3.05) is 20.2 Å². The number of likely N-dealkylation sites (tertiary alicyclic amines) is 1. The highest BCUT2D eigenvalue weighted by Gasteiger charge is 2.20. The van der Waals surface area contributed by atoms with Gasteiger partial charge >= 0.3 is 0 Å². The number of benzene rings is 2. The second-order valence-corrected chi connectivity index (χ2v) is 6.83. The van der Waals surface area contributed by atoms with Gasteiger partial charge in [-0.3, -0.25) is 0 Å². The Balaban J connectivity index is 1.54. The minimum Gasteiger partial charge on any atom is -0.493 e. The standard InChI is InChI=1S/C22H26N2O/c1-24-15-4-6-21(24)14-16-25-22-7-3-2-5-20(22)13-12-18-8-10-19(17-23)11-9-18/h2-3,5,7-11,21H,4,6,12-16H2,1H3. The third-order valence-electron chi connectivity index (χ3n) is 5.12. The van der Waals surface area contributed by atoms with Crippen LogP contribution in [-0.2, 0) is 12.8 Å². The number of ether oxygens (including phenoxy) is 1. The molecule has 1 aliphatic rings. The molecule has 0 N–H and O–H groups in total. The Labute approximate surface area is 150 Å². The average molecular weight is 334 g/mol. The molecule has 1 fully saturated rings. The van der Waals surface area contributed by atoms with E-state index in [1.54, 1.807) is 0 Å². The first-order chi connectivity index (χ1) is 12.3. The highest BCUT2D eigenvalue weighted by molar-refractivity contribution is 5.35. The van der Waals surface area contributed by atoms with Gasteiger partial charge in [0.1, 0.15) is 5.75 Å². The lowest BCUT2D eigenvalue weighted by Gasteiger charge is -2.20. The van der Waals surface area contributed by atoms with E-state index in [0.29, 0.717) is 11.6 Å². The molecular weight excluding hydrogens is 308 g/mol. The van der Waals surface area contributed by atoms with Crippen LogP contribution in [0.1, 0.15) is 36.0 Å². The van der Waals surface area contributed by atoms with E-state index in [4.69, 9.17) is 10.00 Å². The molecule has 0 amide bonds. The number of aryl methyl sites for hydroxylation is 2. The zero-order chi connectivity index (χ0) is 17.5. The summed E-state index contributed by atoms with van der Waals surface area (Å²) >= 11 is 0. The minimum atomic E-state index is 0.672. The summed E-state index contributed by atoms with van der Waals surface area (Å²) in [5.41, 5.74) is 3.22. The lowest BCUT2D eigenvalue weighted by molar-refractivity contribution is 0.232. The molecule has 1 aliphatic heterocycles. The van der Waals surface area contributed by atoms with Crippen molar-refractivity contribution in [2.24, 2.45) is 0 Å². The Morgan fingerprint density at radius 3 is 2.64 bits per heavy atom. The van der Waals surface area contributed by atoms with E-state index < -0.39 is 0 Å². The number of hydrogen-bond donors (Lipinski definition) is 0. The molecule has 1 atom stereocenters. The van der Waals surface area contributed by atoms with Gasteiger partial charge in [-0.25, -0.2) is 0 Å². The predicted molar refractivity (Wildman–Crippen MR) is 101 cm³/mol. The molecule has 3 heteroatoms. The van der Waals surface area contributed by atoms with Gasteiger partial charge in [-0.2, -0.15) is 5.26 Å². The molecule has 3 rings (SSSR count). The van der Waals surface area contributed by atoms with Crippen molar-refractivity contribution in [1.82, 2.24) is 4.90 Å². The summed E-state index contributed by atoms with van der Waals surface area (Å²) in [5, 5.41) is 8.88. The van der Waals surface area contributed by atoms with E-state index in [0.717, 1.165) is 31.6 Å². The van der Waals surface area contributed by atoms with Crippen LogP contribution in [0.15, 0.2) is 48.5 Å². The fourth-order valence-corrected chi connectivity index (χ4v) is 3.53. The largest absolute Gasteiger partial charge is 0.493 e. The maximum atomic E-state index is 8.88. The van der Waals surface area contributed by atoms with Crippen LogP contribution >= 0.6 is 0 Å². The monoisotopic (exact) mass is 334 g/mol. The van der Waals surface area contributed by atoms with E-state index in [-0.39, 0.29) is 0 Å². The van der Waals surface area contributed by atoms with Crippen molar-refractivity contribution in [2.45, 2.75) is 38.1 Å². The lowest BCUT2D eigenvalue weighted by atomic mass is 10.0. The zero-order valence-corrected chi connectivity index (χ0v) is 14.9. The summed E-state index contributed by atoms with van der Waals surface area (Å²) in [7, 11) is 2.21. The van der Waals surface area contributed by atoms with E-state index in [1.807, 2.05) is 30.3 Å². The molecule has 0 aliphatic carbocycles. The van der Waals surface area contributed by atoms with Gasteiger partial charge in [0.25, 0.3) is 0 Å². The lowest BCUT2D eigenvalue weighted by Crippen LogP contribution is -2.26. The Bertz CT molecular complexity index is 718. The molecule has 3 nitrogen and oxygen atoms in total. The van der Waals surface area contributed by atoms with Crippen molar-refractivity contribution >= 4 is 0 Å². The normalized spacial score (nSPS) is 17.4. The van der Waals surface area contributed by atoms with Gasteiger partial charge in [0.05, 0.1) is 18.2 Å². The molecule has 0 bridgehead atoms. The summed E-state index contributed by atoms with van der Waals surface area (Å²) < 4.78 is 6.10. The summed E-state index contributed by atoms with van der Waals surface area (Å²) in [5.74, 6) is 1.01. The summed E-state index contributed by atoms with van der Waals surface area (Å²) in [6, 6.07) is 19.0. The molecule has 0 saturated carbocycles. The average Bonchev–Trinajstić information content (AvgIpc) is 3.06. The quantitative estimate of drug-likeness (QED) is 0.761. The number of nitriles is 1. The van der Waals surface area contributed by atoms with E-state index in [1.165, 1.54) is 30.5 Å². The van der Waals surface area contributed by atoms with Crippen molar-refractivity contribution in [1.29, 1.82) is 5.26 Å². The summed E-state index contributed by atoms with van der Waals surface area (Å²) in [4.78, 5) is 2.44. The maximum Gasteiger partial charge on any atom is 0.122 e. The molecule has 2 aromatic carbocycles. The van der Waals surface area contributed by atoms with Gasteiger partial charge in [-0.1, -0.05) is 30.3 Å². The van der Waals surface area contributed by atoms with Gasteiger partial charge in [-0.15, -0.1) is 0 Å². The first-order valence-corrected chi connectivity index (χ1v) is 9.16. The van der Waals surface area contributed by atoms with E-state index in [2.05, 4.69) is 36.2 Å². The third kappa shape index (κ3) is 4.84. The predicted octanol–water partition coefficient (Wildman–Crippen LogP) is 4.21. The number of hydrogen-bond acceptors (Lipinski definition) is 3. The third-order valence-corrected chi connectivity index (χ3v) is 5.12. The van der Waals surface area contributed by atoms with E-state index >= 15 is 0 Å². The topological polar surface area (TPSA) is 36.3 Å². The smallest absolute Gasteiger partial charge is 0.122 e. The molecular formula is C22H26N2O. The molecule has 130 valence electrons. The zero-order valence-electron chi connectivity index (χ0n) is 14.9. The van der Waals surface area contributed by atoms with Crippen LogP contribution in [0.5, 0.6) is 5.75 Å². The van der Waals surface area contributed by atoms with Gasteiger partial charge in [-0.05, 0) is 75.0 Å². The number of rotatable bonds is 7. The van der Waals surface area contributed by atoms with Crippen LogP contribution in [0, 0.1) is 11.3 Å². The van der Waals surface area contributed by atoms with E-state index in [9.17, 15) is 0 Å². The SMILES string of the molecule is CN1CCCC1CCOc1ccccc1CCc1ccc(C#N)cc1. The van der Waals surface area contributed by atoms with Gasteiger partial charge in [0.15, 0.2) is 0 Å². The number of nitrogens with zero attached hydrogens (tertiary/aromatic N) is 2. The molecule has 0 aromatic heterocycles. The molecule has 1 saturated heterocycles. The Kier molecular flexibility index (Phi) is 6.09. The molecule has 25 heavy (non-hydrogen) atoms. The fourth-order valence-electron chi connectivity index (χ4n) is 3.53. The fraction of sp³-hybridized carbons (Fsp3) is 0.409. The van der Waals surface area contributed by atoms with Crippen LogP contribution in [-0.4, -0.2) is 31.1 Å². The van der Waals surface area contributed by atoms with Crippen LogP contribution in [0.2, 0.25) is 0 Å². The Hall–Kier alpha value is -2.31. The van der Waals surface area contributed by atoms with Crippen LogP contribution < -0.4 is 4.74 Å². The van der Waals surface area contributed by atoms with Crippen molar-refractivity contribution in [3.63, 3.8) is 0 Å². The molecule has 0 radical (unpaired) electrons. The maximum absolute atomic E-state index is 8.88. The van der Waals surface area contributed by atoms with Crippen LogP contribution in [0.3, 0.4) is 0 Å². The van der Waals surface area contributed by atoms with Crippen molar-refractivity contribution < 1.29 is 4.74 Å². The molecule has 1 heterocycles. The number of para-hydroxylation sites is 1. The Morgan fingerprint density at radius 1 is 1.12 bits per heavy atom. The van der Waals surface area contributed by atoms with Crippen LogP contribution in [0.4, 0.5) is 0 Å². The van der Waals surface area contributed by atoms with Crippen molar-refractivity contribution in [3.8, 4) is 11.8 Å². The Morgan fingerprint density at radius 2 is 1.92 bits per heavy atom. The van der Waals surface area contributed by atoms with Crippen molar-refractivity contribution in [3.05, 3.63) is 65.2 Å². The molecule has 0 spiro atoms. The molecule has 2 aromatic rings. The highest BCUT2D eigenvalue weighted by Crippen LogP contribution is 2.22.